The van der Waals surface area contributed by atoms with Crippen molar-refractivity contribution in [2.24, 2.45) is 5.92 Å². The van der Waals surface area contributed by atoms with E-state index in [1.807, 2.05) is 13.0 Å². The maximum Gasteiger partial charge on any atom is 0.259 e. The molecule has 1 aliphatic rings. The summed E-state index contributed by atoms with van der Waals surface area (Å²) in [6.07, 6.45) is 2.30. The minimum absolute atomic E-state index is 0. The molecule has 0 radical (unpaired) electrons. The van der Waals surface area contributed by atoms with E-state index >= 15 is 0 Å². The van der Waals surface area contributed by atoms with Crippen LogP contribution in [0.5, 0.6) is 0 Å². The van der Waals surface area contributed by atoms with Crippen LogP contribution in [0.25, 0.3) is 22.4 Å². The normalized spacial score (nSPS) is 16.8. The molecular weight excluding hydrogens is 396 g/mol. The molecule has 28 heavy (non-hydrogen) atoms. The summed E-state index contributed by atoms with van der Waals surface area (Å²) in [7, 11) is 0. The highest BCUT2D eigenvalue weighted by molar-refractivity contribution is 7.12. The molecule has 1 atom stereocenters. The fourth-order valence-corrected chi connectivity index (χ4v) is 4.66. The van der Waals surface area contributed by atoms with Crippen molar-refractivity contribution >= 4 is 40.8 Å². The van der Waals surface area contributed by atoms with Crippen LogP contribution in [0, 0.1) is 26.7 Å². The molecule has 2 N–H and O–H groups in total. The molecule has 150 valence electrons. The summed E-state index contributed by atoms with van der Waals surface area (Å²) in [5, 5.41) is 11.2. The molecule has 3 aromatic rings. The van der Waals surface area contributed by atoms with Crippen LogP contribution < -0.4 is 10.6 Å². The van der Waals surface area contributed by atoms with E-state index in [0.29, 0.717) is 34.8 Å². The predicted molar refractivity (Wildman–Crippen MR) is 115 cm³/mol. The van der Waals surface area contributed by atoms with Crippen LogP contribution in [-0.2, 0) is 0 Å². The summed E-state index contributed by atoms with van der Waals surface area (Å²) in [6.45, 7) is 8.68. The molecule has 1 amide bonds. The number of carbonyl (C=O) groups excluding carboxylic acids is 1. The third-order valence-electron chi connectivity index (χ3n) is 5.13. The average Bonchev–Trinajstić information content (AvgIpc) is 3.21. The first-order valence-corrected chi connectivity index (χ1v) is 10.2. The molecule has 0 aliphatic carbocycles. The van der Waals surface area contributed by atoms with Crippen LogP contribution in [-0.4, -0.2) is 35.7 Å². The summed E-state index contributed by atoms with van der Waals surface area (Å²) in [5.74, 6) is 0.384. The topological polar surface area (TPSA) is 80.0 Å². The number of aryl methyl sites for hydroxylation is 3. The summed E-state index contributed by atoms with van der Waals surface area (Å²) in [5.41, 5.74) is 3.48. The van der Waals surface area contributed by atoms with Gasteiger partial charge in [-0.1, -0.05) is 5.16 Å². The first-order valence-electron chi connectivity index (χ1n) is 9.36. The number of hydrogen-bond acceptors (Lipinski definition) is 6. The largest absolute Gasteiger partial charge is 0.352 e. The molecule has 1 unspecified atom stereocenters. The summed E-state index contributed by atoms with van der Waals surface area (Å²) >= 11 is 1.72. The first kappa shape index (κ1) is 20.8. The van der Waals surface area contributed by atoms with Gasteiger partial charge in [-0.25, -0.2) is 4.98 Å². The summed E-state index contributed by atoms with van der Waals surface area (Å²) < 4.78 is 5.40. The van der Waals surface area contributed by atoms with Crippen LogP contribution in [0.3, 0.4) is 0 Å². The van der Waals surface area contributed by atoms with Crippen molar-refractivity contribution in [3.05, 3.63) is 33.1 Å². The molecule has 0 spiro atoms. The van der Waals surface area contributed by atoms with E-state index in [1.165, 1.54) is 9.75 Å². The number of amides is 1. The second-order valence-electron chi connectivity index (χ2n) is 7.25. The Morgan fingerprint density at radius 2 is 2.18 bits per heavy atom. The van der Waals surface area contributed by atoms with Gasteiger partial charge in [0, 0.05) is 21.9 Å². The molecule has 4 heterocycles. The van der Waals surface area contributed by atoms with Gasteiger partial charge >= 0.3 is 0 Å². The molecule has 0 bridgehead atoms. The van der Waals surface area contributed by atoms with Crippen molar-refractivity contribution < 1.29 is 9.32 Å². The fraction of sp³-hybridized carbons (Fsp3) is 0.450. The van der Waals surface area contributed by atoms with Crippen LogP contribution >= 0.6 is 23.7 Å². The zero-order valence-electron chi connectivity index (χ0n) is 16.3. The SMILES string of the molecule is Cc1cc(-c2cc(C(=O)NCC3CCCNC3)c3c(C)noc3n2)c(C)s1.Cl. The van der Waals surface area contributed by atoms with Gasteiger partial charge in [-0.05, 0) is 64.8 Å². The molecule has 0 aromatic carbocycles. The van der Waals surface area contributed by atoms with Crippen molar-refractivity contribution in [1.29, 1.82) is 0 Å². The van der Waals surface area contributed by atoms with E-state index < -0.39 is 0 Å². The zero-order valence-corrected chi connectivity index (χ0v) is 17.9. The van der Waals surface area contributed by atoms with E-state index in [0.717, 1.165) is 37.2 Å². The number of carbonyl (C=O) groups is 1. The number of nitrogens with zero attached hydrogens (tertiary/aromatic N) is 2. The first-order chi connectivity index (χ1) is 13.0. The molecule has 4 rings (SSSR count). The molecule has 6 nitrogen and oxygen atoms in total. The minimum atomic E-state index is -0.0925. The van der Waals surface area contributed by atoms with Gasteiger partial charge < -0.3 is 15.2 Å². The highest BCUT2D eigenvalue weighted by Crippen LogP contribution is 2.32. The maximum atomic E-state index is 13.0. The van der Waals surface area contributed by atoms with Crippen molar-refractivity contribution in [2.45, 2.75) is 33.6 Å². The van der Waals surface area contributed by atoms with Crippen LogP contribution in [0.1, 0.15) is 38.6 Å². The van der Waals surface area contributed by atoms with Gasteiger partial charge in [0.05, 0.1) is 22.3 Å². The van der Waals surface area contributed by atoms with Gasteiger partial charge in [-0.15, -0.1) is 23.7 Å². The summed E-state index contributed by atoms with van der Waals surface area (Å²) in [6, 6.07) is 3.97. The molecule has 1 saturated heterocycles. The quantitative estimate of drug-likeness (QED) is 0.666. The van der Waals surface area contributed by atoms with Crippen LogP contribution in [0.2, 0.25) is 0 Å². The highest BCUT2D eigenvalue weighted by atomic mass is 35.5. The van der Waals surface area contributed by atoms with Crippen molar-refractivity contribution in [1.82, 2.24) is 20.8 Å². The number of hydrogen-bond donors (Lipinski definition) is 2. The lowest BCUT2D eigenvalue weighted by Gasteiger charge is -2.22. The van der Waals surface area contributed by atoms with Crippen molar-refractivity contribution in [3.63, 3.8) is 0 Å². The Bertz CT molecular complexity index is 992. The standard InChI is InChI=1S/C20H24N4O2S.ClH/c1-11-7-15(13(3)27-11)17-8-16(18-12(2)24-26-20(18)23-17)19(25)22-10-14-5-4-6-21-9-14;/h7-8,14,21H,4-6,9-10H2,1-3H3,(H,22,25);1H. The van der Waals surface area contributed by atoms with Gasteiger partial charge in [0.25, 0.3) is 11.6 Å². The number of rotatable bonds is 4. The van der Waals surface area contributed by atoms with Gasteiger partial charge in [0.2, 0.25) is 0 Å². The van der Waals surface area contributed by atoms with Gasteiger partial charge in [0.1, 0.15) is 0 Å². The smallest absolute Gasteiger partial charge is 0.259 e. The molecule has 1 fully saturated rings. The second-order valence-corrected chi connectivity index (χ2v) is 8.71. The van der Waals surface area contributed by atoms with Crippen LogP contribution in [0.15, 0.2) is 16.7 Å². The number of pyridine rings is 1. The number of fused-ring (bicyclic) bond motifs is 1. The number of aromatic nitrogens is 2. The van der Waals surface area contributed by atoms with E-state index in [4.69, 9.17) is 4.52 Å². The zero-order chi connectivity index (χ0) is 19.0. The van der Waals surface area contributed by atoms with Crippen molar-refractivity contribution in [2.75, 3.05) is 19.6 Å². The number of nitrogens with one attached hydrogen (secondary N) is 2. The lowest BCUT2D eigenvalue weighted by Crippen LogP contribution is -2.38. The Labute approximate surface area is 174 Å². The summed E-state index contributed by atoms with van der Waals surface area (Å²) in [4.78, 5) is 20.0. The van der Waals surface area contributed by atoms with Gasteiger partial charge in [-0.2, -0.15) is 0 Å². The average molecular weight is 421 g/mol. The lowest BCUT2D eigenvalue weighted by molar-refractivity contribution is 0.0946. The van der Waals surface area contributed by atoms with E-state index in [1.54, 1.807) is 11.3 Å². The van der Waals surface area contributed by atoms with E-state index in [9.17, 15) is 4.79 Å². The number of thiophene rings is 1. The Morgan fingerprint density at radius 3 is 2.86 bits per heavy atom. The van der Waals surface area contributed by atoms with E-state index in [-0.39, 0.29) is 18.3 Å². The fourth-order valence-electron chi connectivity index (χ4n) is 3.73. The minimum Gasteiger partial charge on any atom is -0.352 e. The Balaban J connectivity index is 0.00000225. The highest BCUT2D eigenvalue weighted by Gasteiger charge is 2.21. The monoisotopic (exact) mass is 420 g/mol. The predicted octanol–water partition coefficient (Wildman–Crippen LogP) is 4.03. The van der Waals surface area contributed by atoms with Crippen LogP contribution in [0.4, 0.5) is 0 Å². The lowest BCUT2D eigenvalue weighted by atomic mass is 9.99. The molecular formula is C20H25ClN4O2S. The molecule has 1 aliphatic heterocycles. The molecule has 3 aromatic heterocycles. The van der Waals surface area contributed by atoms with Gasteiger partial charge in [-0.3, -0.25) is 4.79 Å². The Morgan fingerprint density at radius 1 is 1.36 bits per heavy atom. The van der Waals surface area contributed by atoms with Gasteiger partial charge in [0.15, 0.2) is 0 Å². The Hall–Kier alpha value is -1.96. The third kappa shape index (κ3) is 4.06. The number of piperidine rings is 1. The molecule has 8 heteroatoms. The van der Waals surface area contributed by atoms with Crippen molar-refractivity contribution in [3.8, 4) is 11.3 Å². The second kappa shape index (κ2) is 8.59. The Kier molecular flexibility index (Phi) is 6.37. The maximum absolute atomic E-state index is 13.0. The van der Waals surface area contributed by atoms with E-state index in [2.05, 4.69) is 40.7 Å². The number of halogens is 1. The molecule has 0 saturated carbocycles. The third-order valence-corrected chi connectivity index (χ3v) is 6.09.